The Bertz CT molecular complexity index is 682. The minimum absolute atomic E-state index is 0.619. The molecule has 0 saturated heterocycles. The van der Waals surface area contributed by atoms with Crippen LogP contribution in [0.2, 0.25) is 0 Å². The smallest absolute Gasteiger partial charge is 0.195 e. The van der Waals surface area contributed by atoms with Crippen molar-refractivity contribution in [2.24, 2.45) is 17.8 Å². The first-order valence-corrected chi connectivity index (χ1v) is 12.5. The number of rotatable bonds is 9. The van der Waals surface area contributed by atoms with E-state index < -0.39 is 5.83 Å². The molecule has 1 aromatic carbocycles. The van der Waals surface area contributed by atoms with E-state index in [1.54, 1.807) is 11.6 Å². The van der Waals surface area contributed by atoms with E-state index in [9.17, 15) is 4.39 Å². The van der Waals surface area contributed by atoms with Crippen molar-refractivity contribution in [3.8, 4) is 6.07 Å². The molecule has 1 nitrogen and oxygen atoms in total. The van der Waals surface area contributed by atoms with Gasteiger partial charge in [0, 0.05) is 0 Å². The Balaban J connectivity index is 1.30. The highest BCUT2D eigenvalue weighted by molar-refractivity contribution is 5.25. The molecular weight excluding hydrogens is 369 g/mol. The third-order valence-corrected chi connectivity index (χ3v) is 7.79. The summed E-state index contributed by atoms with van der Waals surface area (Å²) in [6, 6.07) is 11.0. The molecule has 0 amide bonds. The van der Waals surface area contributed by atoms with E-state index in [0.29, 0.717) is 0 Å². The van der Waals surface area contributed by atoms with Gasteiger partial charge in [-0.05, 0) is 85.8 Å². The van der Waals surface area contributed by atoms with Crippen molar-refractivity contribution in [3.63, 3.8) is 0 Å². The predicted octanol–water partition coefficient (Wildman–Crippen LogP) is 8.66. The second kappa shape index (κ2) is 12.3. The van der Waals surface area contributed by atoms with Gasteiger partial charge in [0.05, 0.1) is 0 Å². The van der Waals surface area contributed by atoms with Gasteiger partial charge >= 0.3 is 0 Å². The predicted molar refractivity (Wildman–Crippen MR) is 124 cm³/mol. The molecule has 164 valence electrons. The molecule has 2 fully saturated rings. The molecule has 2 aliphatic carbocycles. The third-order valence-electron chi connectivity index (χ3n) is 7.79. The largest absolute Gasteiger partial charge is 0.196 e. The molecule has 1 aromatic rings. The molecule has 30 heavy (non-hydrogen) atoms. The highest BCUT2D eigenvalue weighted by atomic mass is 19.1. The van der Waals surface area contributed by atoms with Gasteiger partial charge < -0.3 is 0 Å². The molecule has 0 bridgehead atoms. The number of hydrogen-bond donors (Lipinski definition) is 0. The Hall–Kier alpha value is -1.62. The van der Waals surface area contributed by atoms with Crippen molar-refractivity contribution in [3.05, 3.63) is 47.3 Å². The molecule has 0 aliphatic heterocycles. The summed E-state index contributed by atoms with van der Waals surface area (Å²) >= 11 is 0. The number of benzene rings is 1. The monoisotopic (exact) mass is 409 g/mol. The number of nitrogens with zero attached hydrogens (tertiary/aromatic N) is 1. The lowest BCUT2D eigenvalue weighted by atomic mass is 9.74. The maximum Gasteiger partial charge on any atom is 0.196 e. The normalized spacial score (nSPS) is 27.6. The summed E-state index contributed by atoms with van der Waals surface area (Å²) in [5.41, 5.74) is 3.05. The van der Waals surface area contributed by atoms with Crippen molar-refractivity contribution in [1.29, 1.82) is 5.26 Å². The van der Waals surface area contributed by atoms with E-state index in [-0.39, 0.29) is 0 Å². The van der Waals surface area contributed by atoms with Gasteiger partial charge in [0.2, 0.25) is 0 Å². The Labute approximate surface area is 183 Å². The molecule has 0 radical (unpaired) electrons. The molecule has 0 heterocycles. The maximum atomic E-state index is 12.9. The molecule has 0 N–H and O–H groups in total. The maximum absolute atomic E-state index is 12.9. The first-order chi connectivity index (χ1) is 14.7. The zero-order chi connectivity index (χ0) is 21.2. The fourth-order valence-electron chi connectivity index (χ4n) is 5.80. The molecule has 0 aromatic heterocycles. The van der Waals surface area contributed by atoms with Gasteiger partial charge in [-0.15, -0.1) is 0 Å². The zero-order valence-corrected chi connectivity index (χ0v) is 18.9. The molecule has 0 unspecified atom stereocenters. The lowest BCUT2D eigenvalue weighted by Gasteiger charge is -2.32. The summed E-state index contributed by atoms with van der Waals surface area (Å²) in [5, 5.41) is 8.48. The summed E-state index contributed by atoms with van der Waals surface area (Å²) in [4.78, 5) is 0. The van der Waals surface area contributed by atoms with Crippen LogP contribution in [-0.2, 0) is 6.42 Å². The Morgan fingerprint density at radius 3 is 1.97 bits per heavy atom. The first-order valence-electron chi connectivity index (χ1n) is 12.5. The average Bonchev–Trinajstić information content (AvgIpc) is 2.79. The number of halogens is 1. The van der Waals surface area contributed by atoms with Crippen LogP contribution in [0.3, 0.4) is 0 Å². The Morgan fingerprint density at radius 2 is 1.43 bits per heavy atom. The van der Waals surface area contributed by atoms with E-state index in [0.717, 1.165) is 36.5 Å². The average molecular weight is 410 g/mol. The van der Waals surface area contributed by atoms with Crippen LogP contribution in [-0.4, -0.2) is 0 Å². The minimum Gasteiger partial charge on any atom is -0.195 e. The topological polar surface area (TPSA) is 23.8 Å². The standard InChI is InChI=1S/C28H40FN/c1-2-4-22-13-17-26(18-14-22)27-19-15-25(16-20-27)12-11-24-9-7-23(8-10-24)5-3-6-28(29)21-30/h6,13-14,17-18,23-25,27H,2-5,7-12,15-16,19-20H2,1H3. The van der Waals surface area contributed by atoms with Crippen LogP contribution in [0.1, 0.15) is 107 Å². The summed E-state index contributed by atoms with van der Waals surface area (Å²) in [5.74, 6) is 2.76. The van der Waals surface area contributed by atoms with Gasteiger partial charge in [-0.2, -0.15) is 9.65 Å². The van der Waals surface area contributed by atoms with Crippen molar-refractivity contribution in [2.75, 3.05) is 0 Å². The highest BCUT2D eigenvalue weighted by Gasteiger charge is 2.25. The Morgan fingerprint density at radius 1 is 0.900 bits per heavy atom. The molecule has 2 saturated carbocycles. The molecule has 0 atom stereocenters. The van der Waals surface area contributed by atoms with Gasteiger partial charge in [-0.25, -0.2) is 0 Å². The summed E-state index contributed by atoms with van der Waals surface area (Å²) in [7, 11) is 0. The van der Waals surface area contributed by atoms with Crippen LogP contribution >= 0.6 is 0 Å². The summed E-state index contributed by atoms with van der Waals surface area (Å²) in [6.45, 7) is 2.25. The van der Waals surface area contributed by atoms with Crippen molar-refractivity contribution >= 4 is 0 Å². The zero-order valence-electron chi connectivity index (χ0n) is 18.9. The van der Waals surface area contributed by atoms with Crippen molar-refractivity contribution in [1.82, 2.24) is 0 Å². The van der Waals surface area contributed by atoms with Crippen LogP contribution in [0.5, 0.6) is 0 Å². The van der Waals surface area contributed by atoms with E-state index in [2.05, 4.69) is 31.2 Å². The van der Waals surface area contributed by atoms with E-state index >= 15 is 0 Å². The third kappa shape index (κ3) is 7.26. The number of nitriles is 1. The van der Waals surface area contributed by atoms with E-state index in [4.69, 9.17) is 5.26 Å². The van der Waals surface area contributed by atoms with Crippen molar-refractivity contribution < 1.29 is 4.39 Å². The highest BCUT2D eigenvalue weighted by Crippen LogP contribution is 2.40. The van der Waals surface area contributed by atoms with Gasteiger partial charge in [0.15, 0.2) is 5.83 Å². The second-order valence-electron chi connectivity index (χ2n) is 9.91. The number of allylic oxidation sites excluding steroid dienone is 2. The lowest BCUT2D eigenvalue weighted by Crippen LogP contribution is -2.17. The summed E-state index contributed by atoms with van der Waals surface area (Å²) < 4.78 is 12.9. The van der Waals surface area contributed by atoms with Crippen LogP contribution in [0, 0.1) is 29.1 Å². The van der Waals surface area contributed by atoms with Crippen molar-refractivity contribution in [2.45, 2.75) is 103 Å². The second-order valence-corrected chi connectivity index (χ2v) is 9.91. The van der Waals surface area contributed by atoms with Gasteiger partial charge in [-0.3, -0.25) is 0 Å². The molecular formula is C28H40FN. The SMILES string of the molecule is CCCc1ccc(C2CCC(CCC3CCC(CCC=C(F)C#N)CC3)CC2)cc1. The molecule has 2 heteroatoms. The minimum atomic E-state index is -0.619. The van der Waals surface area contributed by atoms with E-state index in [1.165, 1.54) is 88.7 Å². The van der Waals surface area contributed by atoms with E-state index in [1.807, 2.05) is 0 Å². The van der Waals surface area contributed by atoms with Gasteiger partial charge in [0.25, 0.3) is 0 Å². The van der Waals surface area contributed by atoms with Crippen LogP contribution in [0.15, 0.2) is 36.2 Å². The summed E-state index contributed by atoms with van der Waals surface area (Å²) in [6.07, 6.45) is 19.4. The van der Waals surface area contributed by atoms with Gasteiger partial charge in [0.1, 0.15) is 6.07 Å². The fourth-order valence-corrected chi connectivity index (χ4v) is 5.80. The number of hydrogen-bond acceptors (Lipinski definition) is 1. The van der Waals surface area contributed by atoms with Crippen LogP contribution in [0.25, 0.3) is 0 Å². The Kier molecular flexibility index (Phi) is 9.44. The molecule has 0 spiro atoms. The molecule has 3 rings (SSSR count). The van der Waals surface area contributed by atoms with Gasteiger partial charge in [-0.1, -0.05) is 76.1 Å². The lowest BCUT2D eigenvalue weighted by molar-refractivity contribution is 0.225. The number of aryl methyl sites for hydroxylation is 1. The van der Waals surface area contributed by atoms with Crippen LogP contribution < -0.4 is 0 Å². The fraction of sp³-hybridized carbons (Fsp3) is 0.679. The molecule has 2 aliphatic rings. The first kappa shape index (κ1) is 23.1. The van der Waals surface area contributed by atoms with Crippen LogP contribution in [0.4, 0.5) is 4.39 Å². The quantitative estimate of drug-likeness (QED) is 0.374.